The Bertz CT molecular complexity index is 768. The van der Waals surface area contributed by atoms with E-state index in [2.05, 4.69) is 53.7 Å². The number of aliphatic imine (C=N–C) groups is 1. The van der Waals surface area contributed by atoms with Crippen molar-refractivity contribution < 1.29 is 4.79 Å². The third-order valence-electron chi connectivity index (χ3n) is 4.60. The zero-order chi connectivity index (χ0) is 20.4. The number of benzene rings is 2. The molecule has 0 aliphatic heterocycles. The highest BCUT2D eigenvalue weighted by Crippen LogP contribution is 2.09. The Balaban J connectivity index is 0.00000420. The number of aryl methyl sites for hydroxylation is 1. The van der Waals surface area contributed by atoms with Crippen LogP contribution in [0.15, 0.2) is 53.5 Å². The minimum atomic E-state index is 0. The Morgan fingerprint density at radius 2 is 1.48 bits per heavy atom. The molecule has 158 valence electrons. The molecule has 0 saturated carbocycles. The number of carbonyl (C=O) groups excluding carboxylic acids is 1. The molecule has 1 amide bonds. The van der Waals surface area contributed by atoms with Gasteiger partial charge >= 0.3 is 0 Å². The number of halogens is 1. The molecule has 0 fully saturated rings. The summed E-state index contributed by atoms with van der Waals surface area (Å²) in [6.07, 6.45) is 0. The van der Waals surface area contributed by atoms with Crippen LogP contribution in [0.5, 0.6) is 0 Å². The van der Waals surface area contributed by atoms with Crippen LogP contribution in [0.4, 0.5) is 0 Å². The first-order chi connectivity index (χ1) is 13.6. The van der Waals surface area contributed by atoms with Gasteiger partial charge in [0.25, 0.3) is 5.91 Å². The molecule has 2 N–H and O–H groups in total. The molecule has 2 aromatic rings. The highest BCUT2D eigenvalue weighted by atomic mass is 127. The maximum Gasteiger partial charge on any atom is 0.253 e. The quantitative estimate of drug-likeness (QED) is 0.317. The van der Waals surface area contributed by atoms with Gasteiger partial charge in [0.1, 0.15) is 0 Å². The van der Waals surface area contributed by atoms with Crippen molar-refractivity contribution in [3.63, 3.8) is 0 Å². The number of guanidine groups is 1. The van der Waals surface area contributed by atoms with Crippen LogP contribution in [0.1, 0.15) is 47.8 Å². The zero-order valence-corrected chi connectivity index (χ0v) is 20.2. The lowest BCUT2D eigenvalue weighted by Gasteiger charge is -2.18. The van der Waals surface area contributed by atoms with Crippen LogP contribution < -0.4 is 10.6 Å². The molecule has 0 heterocycles. The summed E-state index contributed by atoms with van der Waals surface area (Å²) < 4.78 is 0. The summed E-state index contributed by atoms with van der Waals surface area (Å²) in [5.74, 6) is 0.861. The highest BCUT2D eigenvalue weighted by Gasteiger charge is 2.11. The van der Waals surface area contributed by atoms with E-state index in [4.69, 9.17) is 0 Å². The molecule has 0 aliphatic rings. The average Bonchev–Trinajstić information content (AvgIpc) is 2.72. The van der Waals surface area contributed by atoms with Crippen LogP contribution in [0.2, 0.25) is 0 Å². The van der Waals surface area contributed by atoms with E-state index in [1.165, 1.54) is 11.1 Å². The summed E-state index contributed by atoms with van der Waals surface area (Å²) in [7, 11) is 0. The lowest BCUT2D eigenvalue weighted by molar-refractivity contribution is 0.0773. The van der Waals surface area contributed by atoms with Gasteiger partial charge < -0.3 is 15.5 Å². The van der Waals surface area contributed by atoms with E-state index < -0.39 is 0 Å². The maximum atomic E-state index is 12.4. The van der Waals surface area contributed by atoms with E-state index in [1.807, 2.05) is 43.0 Å². The smallest absolute Gasteiger partial charge is 0.253 e. The maximum absolute atomic E-state index is 12.4. The third kappa shape index (κ3) is 8.04. The molecule has 29 heavy (non-hydrogen) atoms. The predicted octanol–water partition coefficient (Wildman–Crippen LogP) is 4.35. The monoisotopic (exact) mass is 508 g/mol. The van der Waals surface area contributed by atoms with Gasteiger partial charge in [-0.15, -0.1) is 24.0 Å². The normalized spacial score (nSPS) is 10.8. The van der Waals surface area contributed by atoms with E-state index in [1.54, 1.807) is 0 Å². The molecule has 0 atom stereocenters. The molecule has 0 bridgehead atoms. The summed E-state index contributed by atoms with van der Waals surface area (Å²) in [5, 5.41) is 6.64. The fourth-order valence-corrected chi connectivity index (χ4v) is 2.85. The Hall–Kier alpha value is -2.09. The van der Waals surface area contributed by atoms with Crippen LogP contribution in [0.3, 0.4) is 0 Å². The molecule has 2 aromatic carbocycles. The van der Waals surface area contributed by atoms with Gasteiger partial charge in [-0.25, -0.2) is 4.99 Å². The number of rotatable bonds is 8. The first-order valence-corrected chi connectivity index (χ1v) is 10.0. The largest absolute Gasteiger partial charge is 0.357 e. The lowest BCUT2D eigenvalue weighted by Crippen LogP contribution is -2.36. The topological polar surface area (TPSA) is 56.7 Å². The average molecular weight is 508 g/mol. The van der Waals surface area contributed by atoms with Crippen LogP contribution in [-0.2, 0) is 13.1 Å². The molecule has 0 aliphatic carbocycles. The summed E-state index contributed by atoms with van der Waals surface area (Å²) in [5.41, 5.74) is 4.27. The van der Waals surface area contributed by atoms with Gasteiger partial charge in [0, 0.05) is 31.7 Å². The highest BCUT2D eigenvalue weighted by molar-refractivity contribution is 14.0. The second kappa shape index (κ2) is 13.2. The first kappa shape index (κ1) is 24.9. The first-order valence-electron chi connectivity index (χ1n) is 10.0. The number of nitrogens with zero attached hydrogens (tertiary/aromatic N) is 2. The van der Waals surface area contributed by atoms with Crippen molar-refractivity contribution in [2.24, 2.45) is 4.99 Å². The Labute approximate surface area is 192 Å². The Kier molecular flexibility index (Phi) is 11.3. The summed E-state index contributed by atoms with van der Waals surface area (Å²) in [4.78, 5) is 18.9. The molecule has 2 rings (SSSR count). The van der Waals surface area contributed by atoms with Crippen LogP contribution >= 0.6 is 24.0 Å². The van der Waals surface area contributed by atoms with Gasteiger partial charge in [-0.3, -0.25) is 4.79 Å². The van der Waals surface area contributed by atoms with E-state index >= 15 is 0 Å². The Morgan fingerprint density at radius 1 is 0.897 bits per heavy atom. The minimum absolute atomic E-state index is 0. The van der Waals surface area contributed by atoms with E-state index in [0.717, 1.165) is 43.3 Å². The van der Waals surface area contributed by atoms with Crippen molar-refractivity contribution in [1.29, 1.82) is 0 Å². The second-order valence-electron chi connectivity index (χ2n) is 6.71. The Morgan fingerprint density at radius 3 is 2.03 bits per heavy atom. The van der Waals surface area contributed by atoms with E-state index in [0.29, 0.717) is 6.54 Å². The van der Waals surface area contributed by atoms with Gasteiger partial charge in [0.2, 0.25) is 0 Å². The van der Waals surface area contributed by atoms with Crippen LogP contribution in [0, 0.1) is 6.92 Å². The summed E-state index contributed by atoms with van der Waals surface area (Å²) in [6, 6.07) is 16.2. The summed E-state index contributed by atoms with van der Waals surface area (Å²) >= 11 is 0. The number of hydrogen-bond donors (Lipinski definition) is 2. The van der Waals surface area contributed by atoms with Gasteiger partial charge in [-0.1, -0.05) is 42.0 Å². The second-order valence-corrected chi connectivity index (χ2v) is 6.71. The number of hydrogen-bond acceptors (Lipinski definition) is 2. The molecule has 0 saturated heterocycles. The molecular weight excluding hydrogens is 475 g/mol. The summed E-state index contributed by atoms with van der Waals surface area (Å²) in [6.45, 7) is 11.7. The molecule has 0 aromatic heterocycles. The van der Waals surface area contributed by atoms with Gasteiger partial charge in [-0.2, -0.15) is 0 Å². The predicted molar refractivity (Wildman–Crippen MR) is 132 cm³/mol. The van der Waals surface area contributed by atoms with E-state index in [9.17, 15) is 4.79 Å². The zero-order valence-electron chi connectivity index (χ0n) is 17.9. The molecular formula is C23H33IN4O. The number of amides is 1. The van der Waals surface area contributed by atoms with E-state index in [-0.39, 0.29) is 29.9 Å². The third-order valence-corrected chi connectivity index (χ3v) is 4.60. The fraction of sp³-hybridized carbons (Fsp3) is 0.391. The molecule has 0 spiro atoms. The lowest BCUT2D eigenvalue weighted by atomic mass is 10.1. The van der Waals surface area contributed by atoms with Crippen LogP contribution in [-0.4, -0.2) is 36.4 Å². The van der Waals surface area contributed by atoms with Crippen molar-refractivity contribution in [2.75, 3.05) is 19.6 Å². The van der Waals surface area contributed by atoms with Crippen molar-refractivity contribution in [1.82, 2.24) is 15.5 Å². The molecule has 5 nitrogen and oxygen atoms in total. The molecule has 0 unspecified atom stereocenters. The SMILES string of the molecule is CCNC(=NCc1ccc(C(=O)N(CC)CC)cc1)NCc1ccc(C)cc1.I. The van der Waals surface area contributed by atoms with Crippen LogP contribution in [0.25, 0.3) is 0 Å². The van der Waals surface area contributed by atoms with Crippen molar-refractivity contribution in [3.8, 4) is 0 Å². The van der Waals surface area contributed by atoms with Crippen molar-refractivity contribution in [3.05, 3.63) is 70.8 Å². The van der Waals surface area contributed by atoms with Gasteiger partial charge in [0.15, 0.2) is 5.96 Å². The number of carbonyl (C=O) groups is 1. The molecule has 6 heteroatoms. The number of nitrogens with one attached hydrogen (secondary N) is 2. The van der Waals surface area contributed by atoms with Gasteiger partial charge in [-0.05, 0) is 51.0 Å². The standard InChI is InChI=1S/C23H32N4O.HI/c1-5-24-23(25-16-19-10-8-18(4)9-11-19)26-17-20-12-14-21(15-13-20)22(28)27(6-2)7-3;/h8-15H,5-7,16-17H2,1-4H3,(H2,24,25,26);1H. The fourth-order valence-electron chi connectivity index (χ4n) is 2.85. The minimum Gasteiger partial charge on any atom is -0.357 e. The van der Waals surface area contributed by atoms with Crippen molar-refractivity contribution >= 4 is 35.8 Å². The van der Waals surface area contributed by atoms with Crippen molar-refractivity contribution in [2.45, 2.75) is 40.8 Å². The molecule has 0 radical (unpaired) electrons. The van der Waals surface area contributed by atoms with Gasteiger partial charge in [0.05, 0.1) is 6.54 Å².